The molecule has 5 nitrogen and oxygen atoms in total. The number of hydrogen-bond donors (Lipinski definition) is 3. The molecule has 0 aliphatic carbocycles. The van der Waals surface area contributed by atoms with Gasteiger partial charge in [0, 0.05) is 28.7 Å². The van der Waals surface area contributed by atoms with E-state index in [0.717, 1.165) is 22.4 Å². The van der Waals surface area contributed by atoms with E-state index in [2.05, 4.69) is 16.9 Å². The zero-order valence-corrected chi connectivity index (χ0v) is 14.4. The fraction of sp³-hybridized carbons (Fsp3) is 0.100. The number of primary amides is 1. The third-order valence-electron chi connectivity index (χ3n) is 3.59. The Bertz CT molecular complexity index is 848. The van der Waals surface area contributed by atoms with Crippen LogP contribution in [0, 0.1) is 6.92 Å². The molecule has 0 bridgehead atoms. The lowest BCUT2D eigenvalue weighted by atomic mass is 10.0. The molecule has 0 atom stereocenters. The number of carbonyl (C=O) groups is 1. The lowest BCUT2D eigenvalue weighted by Crippen LogP contribution is -2.11. The second-order valence-corrected chi connectivity index (χ2v) is 5.71. The molecule has 0 saturated carbocycles. The van der Waals surface area contributed by atoms with E-state index in [0.29, 0.717) is 17.1 Å². The molecular formula is C20H22N4O. The first kappa shape index (κ1) is 18.0. The Morgan fingerprint density at radius 2 is 1.88 bits per heavy atom. The number of benzene rings is 2. The minimum atomic E-state index is -0.450. The van der Waals surface area contributed by atoms with E-state index < -0.39 is 5.91 Å². The van der Waals surface area contributed by atoms with E-state index in [4.69, 9.17) is 11.5 Å². The standard InChI is InChI=1S/C20H22N4O/c1-13-4-9-19(21)18(12-13)14(2)10-11-23-15(3)24-17-7-5-16(6-8-17)20(22)25/h4-12H,2,21H2,1,3H3,(H2,22,25)(H,23,24)/b11-10-. The summed E-state index contributed by atoms with van der Waals surface area (Å²) in [5.41, 5.74) is 16.0. The normalized spacial score (nSPS) is 11.5. The number of nitrogen functional groups attached to an aromatic ring is 1. The van der Waals surface area contributed by atoms with Gasteiger partial charge in [-0.05, 0) is 61.9 Å². The molecule has 0 unspecified atom stereocenters. The smallest absolute Gasteiger partial charge is 0.248 e. The van der Waals surface area contributed by atoms with Gasteiger partial charge in [0.05, 0.1) is 0 Å². The van der Waals surface area contributed by atoms with Crippen LogP contribution < -0.4 is 16.8 Å². The number of aryl methyl sites for hydroxylation is 1. The summed E-state index contributed by atoms with van der Waals surface area (Å²) in [5, 5.41) is 3.13. The van der Waals surface area contributed by atoms with Gasteiger partial charge in [0.15, 0.2) is 0 Å². The van der Waals surface area contributed by atoms with Crippen molar-refractivity contribution < 1.29 is 4.79 Å². The molecule has 2 aromatic rings. The topological polar surface area (TPSA) is 93.5 Å². The molecule has 25 heavy (non-hydrogen) atoms. The van der Waals surface area contributed by atoms with Crippen LogP contribution in [0.5, 0.6) is 0 Å². The van der Waals surface area contributed by atoms with E-state index in [1.807, 2.05) is 38.1 Å². The minimum absolute atomic E-state index is 0.450. The number of amides is 1. The number of nitrogens with two attached hydrogens (primary N) is 2. The number of nitrogens with zero attached hydrogens (tertiary/aromatic N) is 1. The number of amidine groups is 1. The number of carbonyl (C=O) groups excluding carboxylic acids is 1. The van der Waals surface area contributed by atoms with Crippen molar-refractivity contribution >= 4 is 28.7 Å². The summed E-state index contributed by atoms with van der Waals surface area (Å²) in [5.74, 6) is 0.252. The first-order valence-corrected chi connectivity index (χ1v) is 7.80. The van der Waals surface area contributed by atoms with Crippen LogP contribution in [0.2, 0.25) is 0 Å². The first-order chi connectivity index (χ1) is 11.9. The molecular weight excluding hydrogens is 312 g/mol. The van der Waals surface area contributed by atoms with Crippen LogP contribution in [-0.2, 0) is 0 Å². The van der Waals surface area contributed by atoms with Gasteiger partial charge in [-0.1, -0.05) is 18.2 Å². The van der Waals surface area contributed by atoms with E-state index in [-0.39, 0.29) is 0 Å². The summed E-state index contributed by atoms with van der Waals surface area (Å²) >= 11 is 0. The van der Waals surface area contributed by atoms with Crippen molar-refractivity contribution in [2.45, 2.75) is 13.8 Å². The van der Waals surface area contributed by atoms with Gasteiger partial charge < -0.3 is 16.8 Å². The predicted octanol–water partition coefficient (Wildman–Crippen LogP) is 3.73. The van der Waals surface area contributed by atoms with Crippen LogP contribution in [0.25, 0.3) is 5.57 Å². The molecule has 0 aliphatic rings. The number of rotatable bonds is 5. The van der Waals surface area contributed by atoms with E-state index in [1.165, 1.54) is 0 Å². The maximum atomic E-state index is 11.1. The quantitative estimate of drug-likeness (QED) is 0.336. The van der Waals surface area contributed by atoms with Crippen LogP contribution in [-0.4, -0.2) is 11.7 Å². The van der Waals surface area contributed by atoms with Crippen molar-refractivity contribution in [3.05, 3.63) is 78.0 Å². The molecule has 0 heterocycles. The van der Waals surface area contributed by atoms with Crippen molar-refractivity contribution in [2.75, 3.05) is 11.1 Å². The maximum absolute atomic E-state index is 11.1. The van der Waals surface area contributed by atoms with E-state index in [1.54, 1.807) is 30.5 Å². The van der Waals surface area contributed by atoms with Gasteiger partial charge in [0.1, 0.15) is 5.84 Å². The average molecular weight is 334 g/mol. The first-order valence-electron chi connectivity index (χ1n) is 7.80. The lowest BCUT2D eigenvalue weighted by Gasteiger charge is -2.07. The monoisotopic (exact) mass is 334 g/mol. The van der Waals surface area contributed by atoms with Crippen LogP contribution in [0.1, 0.15) is 28.4 Å². The summed E-state index contributed by atoms with van der Waals surface area (Å²) < 4.78 is 0. The zero-order valence-electron chi connectivity index (χ0n) is 14.4. The van der Waals surface area contributed by atoms with Crippen LogP contribution in [0.15, 0.2) is 66.3 Å². The fourth-order valence-corrected chi connectivity index (χ4v) is 2.24. The Kier molecular flexibility index (Phi) is 5.74. The minimum Gasteiger partial charge on any atom is -0.398 e. The molecule has 2 aromatic carbocycles. The summed E-state index contributed by atoms with van der Waals surface area (Å²) in [6.07, 6.45) is 3.48. The maximum Gasteiger partial charge on any atom is 0.248 e. The highest BCUT2D eigenvalue weighted by Gasteiger charge is 2.02. The Balaban J connectivity index is 2.02. The Morgan fingerprint density at radius 3 is 2.52 bits per heavy atom. The van der Waals surface area contributed by atoms with Crippen molar-refractivity contribution in [1.29, 1.82) is 0 Å². The van der Waals surface area contributed by atoms with Gasteiger partial charge in [-0.3, -0.25) is 4.79 Å². The van der Waals surface area contributed by atoms with E-state index >= 15 is 0 Å². The highest BCUT2D eigenvalue weighted by Crippen LogP contribution is 2.22. The Hall–Kier alpha value is -3.34. The molecule has 0 aliphatic heterocycles. The zero-order chi connectivity index (χ0) is 18.4. The number of allylic oxidation sites excluding steroid dienone is 2. The third-order valence-corrected chi connectivity index (χ3v) is 3.59. The van der Waals surface area contributed by atoms with Crippen molar-refractivity contribution in [2.24, 2.45) is 10.7 Å². The van der Waals surface area contributed by atoms with Gasteiger partial charge >= 0.3 is 0 Å². The second-order valence-electron chi connectivity index (χ2n) is 5.71. The molecule has 0 spiro atoms. The van der Waals surface area contributed by atoms with Gasteiger partial charge in [-0.25, -0.2) is 4.99 Å². The summed E-state index contributed by atoms with van der Waals surface area (Å²) in [7, 11) is 0. The lowest BCUT2D eigenvalue weighted by molar-refractivity contribution is 0.100. The van der Waals surface area contributed by atoms with Gasteiger partial charge in [0.2, 0.25) is 5.91 Å². The highest BCUT2D eigenvalue weighted by atomic mass is 16.1. The average Bonchev–Trinajstić information content (AvgIpc) is 2.57. The molecule has 2 rings (SSSR count). The predicted molar refractivity (Wildman–Crippen MR) is 105 cm³/mol. The van der Waals surface area contributed by atoms with Crippen molar-refractivity contribution in [3.63, 3.8) is 0 Å². The summed E-state index contributed by atoms with van der Waals surface area (Å²) in [6, 6.07) is 12.7. The van der Waals surface area contributed by atoms with Gasteiger partial charge in [-0.2, -0.15) is 0 Å². The van der Waals surface area contributed by atoms with Crippen LogP contribution in [0.3, 0.4) is 0 Å². The van der Waals surface area contributed by atoms with E-state index in [9.17, 15) is 4.79 Å². The molecule has 1 amide bonds. The molecule has 0 radical (unpaired) electrons. The molecule has 128 valence electrons. The second kappa shape index (κ2) is 7.97. The molecule has 0 fully saturated rings. The highest BCUT2D eigenvalue weighted by molar-refractivity contribution is 5.96. The number of nitrogens with one attached hydrogen (secondary N) is 1. The van der Waals surface area contributed by atoms with Crippen molar-refractivity contribution in [1.82, 2.24) is 0 Å². The van der Waals surface area contributed by atoms with Gasteiger partial charge in [0.25, 0.3) is 0 Å². The number of hydrogen-bond acceptors (Lipinski definition) is 3. The SMILES string of the molecule is C=C(/C=C\N=C(C)Nc1ccc(C(N)=O)cc1)c1cc(C)ccc1N. The van der Waals surface area contributed by atoms with Gasteiger partial charge in [-0.15, -0.1) is 0 Å². The fourth-order valence-electron chi connectivity index (χ4n) is 2.24. The Labute approximate surface area is 147 Å². The van der Waals surface area contributed by atoms with Crippen molar-refractivity contribution in [3.8, 4) is 0 Å². The largest absolute Gasteiger partial charge is 0.398 e. The molecule has 0 aromatic heterocycles. The summed E-state index contributed by atoms with van der Waals surface area (Å²) in [6.45, 7) is 7.89. The number of aliphatic imine (C=N–C) groups is 1. The van der Waals surface area contributed by atoms with Crippen LogP contribution >= 0.6 is 0 Å². The molecule has 0 saturated heterocycles. The number of anilines is 2. The van der Waals surface area contributed by atoms with Crippen LogP contribution in [0.4, 0.5) is 11.4 Å². The molecule has 5 heteroatoms. The summed E-state index contributed by atoms with van der Waals surface area (Å²) in [4.78, 5) is 15.4. The molecule has 5 N–H and O–H groups in total. The third kappa shape index (κ3) is 5.07. The Morgan fingerprint density at radius 1 is 1.20 bits per heavy atom.